The molecule has 0 fully saturated rings. The summed E-state index contributed by atoms with van der Waals surface area (Å²) in [5.41, 5.74) is 8.81. The van der Waals surface area contributed by atoms with Gasteiger partial charge >= 0.3 is 0 Å². The molecule has 0 unspecified atom stereocenters. The molecule has 2 aromatic rings. The van der Waals surface area contributed by atoms with Crippen molar-refractivity contribution in [1.29, 1.82) is 0 Å². The van der Waals surface area contributed by atoms with Crippen molar-refractivity contribution in [2.45, 2.75) is 18.9 Å². The molecule has 3 N–H and O–H groups in total. The van der Waals surface area contributed by atoms with Crippen molar-refractivity contribution in [2.24, 2.45) is 0 Å². The summed E-state index contributed by atoms with van der Waals surface area (Å²) in [6, 6.07) is 5.83. The number of nitrogen functional groups attached to an aromatic ring is 1. The second-order valence-corrected chi connectivity index (χ2v) is 5.35. The van der Waals surface area contributed by atoms with Crippen LogP contribution in [0.15, 0.2) is 35.6 Å². The summed E-state index contributed by atoms with van der Waals surface area (Å²) in [6.07, 6.45) is 3.08. The Bertz CT molecular complexity index is 630. The molecule has 0 atom stereocenters. The molecular weight excluding hydrogens is 272 g/mol. The van der Waals surface area contributed by atoms with E-state index >= 15 is 0 Å². The summed E-state index contributed by atoms with van der Waals surface area (Å²) in [7, 11) is 0. The van der Waals surface area contributed by atoms with Gasteiger partial charge < -0.3 is 11.1 Å². The Morgan fingerprint density at radius 3 is 2.70 bits per heavy atom. The molecule has 104 valence electrons. The number of aryl methyl sites for hydroxylation is 2. The largest absolute Gasteiger partial charge is 0.381 e. The summed E-state index contributed by atoms with van der Waals surface area (Å²) >= 11 is 1.27. The Morgan fingerprint density at radius 1 is 1.25 bits per heavy atom. The van der Waals surface area contributed by atoms with Crippen LogP contribution < -0.4 is 11.1 Å². The van der Waals surface area contributed by atoms with Gasteiger partial charge in [-0.05, 0) is 37.1 Å². The molecule has 6 heteroatoms. The van der Waals surface area contributed by atoms with Crippen molar-refractivity contribution < 1.29 is 4.79 Å². The zero-order chi connectivity index (χ0) is 14.5. The molecule has 1 aromatic heterocycles. The third-order valence-electron chi connectivity index (χ3n) is 2.82. The molecule has 1 heterocycles. The fourth-order valence-corrected chi connectivity index (χ4v) is 2.27. The fraction of sp³-hybridized carbons (Fsp3) is 0.214. The van der Waals surface area contributed by atoms with E-state index in [-0.39, 0.29) is 11.7 Å². The first-order valence-corrected chi connectivity index (χ1v) is 7.11. The third kappa shape index (κ3) is 3.71. The second kappa shape index (κ2) is 6.38. The highest BCUT2D eigenvalue weighted by atomic mass is 32.2. The lowest BCUT2D eigenvalue weighted by atomic mass is 10.1. The summed E-state index contributed by atoms with van der Waals surface area (Å²) < 4.78 is 0. The molecule has 0 saturated heterocycles. The summed E-state index contributed by atoms with van der Waals surface area (Å²) in [6.45, 7) is 4.05. The Balaban J connectivity index is 1.93. The molecule has 1 amide bonds. The van der Waals surface area contributed by atoms with Crippen LogP contribution in [0.3, 0.4) is 0 Å². The van der Waals surface area contributed by atoms with Gasteiger partial charge in [-0.1, -0.05) is 17.8 Å². The summed E-state index contributed by atoms with van der Waals surface area (Å²) in [5.74, 6) is 0.496. The van der Waals surface area contributed by atoms with Gasteiger partial charge in [-0.15, -0.1) is 0 Å². The van der Waals surface area contributed by atoms with Gasteiger partial charge in [0.1, 0.15) is 5.03 Å². The van der Waals surface area contributed by atoms with Gasteiger partial charge in [-0.25, -0.2) is 9.97 Å². The van der Waals surface area contributed by atoms with Crippen molar-refractivity contribution in [1.82, 2.24) is 9.97 Å². The van der Waals surface area contributed by atoms with Crippen molar-refractivity contribution >= 4 is 29.2 Å². The maximum absolute atomic E-state index is 11.9. The van der Waals surface area contributed by atoms with E-state index in [1.807, 2.05) is 32.0 Å². The number of amides is 1. The molecule has 0 saturated carbocycles. The van der Waals surface area contributed by atoms with Gasteiger partial charge in [0.25, 0.3) is 0 Å². The van der Waals surface area contributed by atoms with Crippen molar-refractivity contribution in [3.05, 3.63) is 41.7 Å². The lowest BCUT2D eigenvalue weighted by Gasteiger charge is -2.07. The Hall–Kier alpha value is -2.08. The van der Waals surface area contributed by atoms with E-state index in [1.54, 1.807) is 6.20 Å². The number of nitrogens with one attached hydrogen (secondary N) is 1. The number of aromatic nitrogens is 2. The van der Waals surface area contributed by atoms with E-state index in [0.717, 1.165) is 11.3 Å². The van der Waals surface area contributed by atoms with Crippen LogP contribution in [0.2, 0.25) is 0 Å². The van der Waals surface area contributed by atoms with E-state index in [4.69, 9.17) is 5.73 Å². The molecule has 0 aliphatic heterocycles. The number of hydrogen-bond donors (Lipinski definition) is 2. The fourth-order valence-electron chi connectivity index (χ4n) is 1.60. The molecule has 20 heavy (non-hydrogen) atoms. The molecule has 0 aliphatic rings. The van der Waals surface area contributed by atoms with Crippen LogP contribution in [0.1, 0.15) is 11.1 Å². The van der Waals surface area contributed by atoms with Crippen molar-refractivity contribution in [2.75, 3.05) is 16.8 Å². The molecule has 0 spiro atoms. The van der Waals surface area contributed by atoms with E-state index in [9.17, 15) is 4.79 Å². The molecule has 2 rings (SSSR count). The van der Waals surface area contributed by atoms with Gasteiger partial charge in [-0.2, -0.15) is 0 Å². The SMILES string of the molecule is Cc1ccc(NC(=O)CSc2nccnc2N)cc1C. The zero-order valence-corrected chi connectivity index (χ0v) is 12.2. The van der Waals surface area contributed by atoms with Crippen LogP contribution in [0, 0.1) is 13.8 Å². The summed E-state index contributed by atoms with van der Waals surface area (Å²) in [5, 5.41) is 3.42. The number of carbonyl (C=O) groups is 1. The smallest absolute Gasteiger partial charge is 0.234 e. The number of thioether (sulfide) groups is 1. The predicted molar refractivity (Wildman–Crippen MR) is 81.7 cm³/mol. The van der Waals surface area contributed by atoms with Gasteiger partial charge in [0.05, 0.1) is 5.75 Å². The Labute approximate surface area is 122 Å². The second-order valence-electron chi connectivity index (χ2n) is 4.38. The van der Waals surface area contributed by atoms with Crippen LogP contribution in [-0.2, 0) is 4.79 Å². The van der Waals surface area contributed by atoms with E-state index in [0.29, 0.717) is 10.8 Å². The number of nitrogens with two attached hydrogens (primary N) is 1. The monoisotopic (exact) mass is 288 g/mol. The minimum Gasteiger partial charge on any atom is -0.381 e. The minimum absolute atomic E-state index is 0.0942. The molecule has 0 aliphatic carbocycles. The average molecular weight is 288 g/mol. The molecule has 0 radical (unpaired) electrons. The number of rotatable bonds is 4. The number of anilines is 2. The van der Waals surface area contributed by atoms with E-state index in [1.165, 1.54) is 23.5 Å². The van der Waals surface area contributed by atoms with Crippen LogP contribution >= 0.6 is 11.8 Å². The summed E-state index contributed by atoms with van der Waals surface area (Å²) in [4.78, 5) is 19.9. The quantitative estimate of drug-likeness (QED) is 0.844. The minimum atomic E-state index is -0.0942. The van der Waals surface area contributed by atoms with Crippen LogP contribution in [0.25, 0.3) is 0 Å². The highest BCUT2D eigenvalue weighted by Crippen LogP contribution is 2.20. The molecule has 0 bridgehead atoms. The van der Waals surface area contributed by atoms with Gasteiger partial charge in [-0.3, -0.25) is 4.79 Å². The first-order chi connectivity index (χ1) is 9.56. The van der Waals surface area contributed by atoms with Crippen molar-refractivity contribution in [3.63, 3.8) is 0 Å². The van der Waals surface area contributed by atoms with Crippen molar-refractivity contribution in [3.8, 4) is 0 Å². The van der Waals surface area contributed by atoms with Crippen LogP contribution in [-0.4, -0.2) is 21.6 Å². The molecular formula is C14H16N4OS. The van der Waals surface area contributed by atoms with Gasteiger partial charge in [0.2, 0.25) is 5.91 Å². The first kappa shape index (κ1) is 14.3. The standard InChI is InChI=1S/C14H16N4OS/c1-9-3-4-11(7-10(9)2)18-12(19)8-20-14-13(15)16-5-6-17-14/h3-7H,8H2,1-2H3,(H2,15,16)(H,18,19). The topological polar surface area (TPSA) is 80.9 Å². The zero-order valence-electron chi connectivity index (χ0n) is 11.4. The number of benzene rings is 1. The Kier molecular flexibility index (Phi) is 4.57. The molecule has 1 aromatic carbocycles. The van der Waals surface area contributed by atoms with Gasteiger partial charge in [0, 0.05) is 18.1 Å². The van der Waals surface area contributed by atoms with Gasteiger partial charge in [0.15, 0.2) is 5.82 Å². The average Bonchev–Trinajstić information content (AvgIpc) is 2.42. The Morgan fingerprint density at radius 2 is 2.00 bits per heavy atom. The van der Waals surface area contributed by atoms with E-state index in [2.05, 4.69) is 15.3 Å². The highest BCUT2D eigenvalue weighted by molar-refractivity contribution is 8.00. The predicted octanol–water partition coefficient (Wildman–Crippen LogP) is 2.41. The number of hydrogen-bond acceptors (Lipinski definition) is 5. The van der Waals surface area contributed by atoms with E-state index < -0.39 is 0 Å². The van der Waals surface area contributed by atoms with Crippen LogP contribution in [0.4, 0.5) is 11.5 Å². The maximum Gasteiger partial charge on any atom is 0.234 e. The lowest BCUT2D eigenvalue weighted by molar-refractivity contribution is -0.113. The molecule has 5 nitrogen and oxygen atoms in total. The normalized spacial score (nSPS) is 10.3. The lowest BCUT2D eigenvalue weighted by Crippen LogP contribution is -2.14. The first-order valence-electron chi connectivity index (χ1n) is 6.12. The number of nitrogens with zero attached hydrogens (tertiary/aromatic N) is 2. The number of carbonyl (C=O) groups excluding carboxylic acids is 1. The maximum atomic E-state index is 11.9. The third-order valence-corrected chi connectivity index (χ3v) is 3.82. The highest BCUT2D eigenvalue weighted by Gasteiger charge is 2.07. The van der Waals surface area contributed by atoms with Crippen LogP contribution in [0.5, 0.6) is 0 Å².